The Balaban J connectivity index is 2.06. The molecule has 0 radical (unpaired) electrons. The summed E-state index contributed by atoms with van der Waals surface area (Å²) in [6, 6.07) is 5.40. The van der Waals surface area contributed by atoms with Gasteiger partial charge in [-0.25, -0.2) is 9.48 Å². The van der Waals surface area contributed by atoms with Crippen molar-refractivity contribution in [2.24, 2.45) is 0 Å². The lowest BCUT2D eigenvalue weighted by Gasteiger charge is -2.18. The number of hydrogen-bond acceptors (Lipinski definition) is 5. The number of rotatable bonds is 6. The van der Waals surface area contributed by atoms with E-state index in [0.717, 1.165) is 0 Å². The van der Waals surface area contributed by atoms with Gasteiger partial charge >= 0.3 is 11.7 Å². The number of aromatic nitrogens is 3. The Morgan fingerprint density at radius 1 is 1.45 bits per heavy atom. The maximum atomic E-state index is 12.1. The molecule has 0 N–H and O–H groups in total. The second-order valence-corrected chi connectivity index (χ2v) is 4.38. The van der Waals surface area contributed by atoms with Crippen LogP contribution >= 0.6 is 0 Å². The molecule has 0 aliphatic heterocycles. The minimum Gasteiger partial charge on any atom is -0.468 e. The van der Waals surface area contributed by atoms with Crippen LogP contribution in [0, 0.1) is 0 Å². The van der Waals surface area contributed by atoms with E-state index in [1.807, 2.05) is 17.9 Å². The second kappa shape index (κ2) is 6.33. The summed E-state index contributed by atoms with van der Waals surface area (Å²) in [5, 5.41) is 4.24. The average Bonchev–Trinajstić information content (AvgIpc) is 2.80. The lowest BCUT2D eigenvalue weighted by atomic mass is 10.4. The molecule has 2 aromatic heterocycles. The molecule has 0 spiro atoms. The number of pyridine rings is 1. The lowest BCUT2D eigenvalue weighted by Crippen LogP contribution is -2.35. The van der Waals surface area contributed by atoms with E-state index >= 15 is 0 Å². The number of ether oxygens (including phenoxy) is 1. The third kappa shape index (κ3) is 3.05. The van der Waals surface area contributed by atoms with Crippen LogP contribution in [0.4, 0.5) is 0 Å². The van der Waals surface area contributed by atoms with E-state index in [0.29, 0.717) is 25.3 Å². The summed E-state index contributed by atoms with van der Waals surface area (Å²) >= 11 is 0. The Bertz CT molecular complexity index is 646. The van der Waals surface area contributed by atoms with Gasteiger partial charge in [-0.15, -0.1) is 5.10 Å². The van der Waals surface area contributed by atoms with E-state index in [1.54, 1.807) is 18.3 Å². The molecule has 0 unspecified atom stereocenters. The number of methoxy groups -OCH3 is 1. The van der Waals surface area contributed by atoms with Crippen molar-refractivity contribution in [1.82, 2.24) is 19.1 Å². The molecule has 0 saturated carbocycles. The van der Waals surface area contributed by atoms with Crippen LogP contribution in [0.15, 0.2) is 29.2 Å². The summed E-state index contributed by atoms with van der Waals surface area (Å²) in [5.41, 5.74) is 0.447. The monoisotopic (exact) mass is 278 g/mol. The van der Waals surface area contributed by atoms with Crippen LogP contribution in [0.1, 0.15) is 6.92 Å². The third-order valence-electron chi connectivity index (χ3n) is 3.14. The third-order valence-corrected chi connectivity index (χ3v) is 3.14. The molecule has 2 heterocycles. The molecule has 2 rings (SSSR count). The zero-order valence-electron chi connectivity index (χ0n) is 11.7. The quantitative estimate of drug-likeness (QED) is 0.695. The minimum atomic E-state index is -0.283. The lowest BCUT2D eigenvalue weighted by molar-refractivity contribution is -0.141. The SMILES string of the molecule is CCN(CCn1nc2ccccn2c1=O)CC(=O)OC. The van der Waals surface area contributed by atoms with Crippen LogP contribution < -0.4 is 5.69 Å². The largest absolute Gasteiger partial charge is 0.468 e. The molecule has 0 saturated heterocycles. The Morgan fingerprint density at radius 2 is 2.25 bits per heavy atom. The van der Waals surface area contributed by atoms with Gasteiger partial charge in [0.25, 0.3) is 0 Å². The topological polar surface area (TPSA) is 68.8 Å². The van der Waals surface area contributed by atoms with Crippen LogP contribution in [0.3, 0.4) is 0 Å². The summed E-state index contributed by atoms with van der Waals surface area (Å²) in [5.74, 6) is -0.283. The van der Waals surface area contributed by atoms with Crippen LogP contribution in [-0.2, 0) is 16.1 Å². The first-order chi connectivity index (χ1) is 9.65. The van der Waals surface area contributed by atoms with Gasteiger partial charge in [-0.2, -0.15) is 0 Å². The molecule has 0 fully saturated rings. The smallest absolute Gasteiger partial charge is 0.350 e. The maximum absolute atomic E-state index is 12.1. The molecule has 0 aliphatic carbocycles. The van der Waals surface area contributed by atoms with Gasteiger partial charge in [0.2, 0.25) is 0 Å². The standard InChI is InChI=1S/C13H18N4O3/c1-3-15(10-12(18)20-2)8-9-17-13(19)16-7-5-4-6-11(16)14-17/h4-7H,3,8-10H2,1-2H3. The van der Waals surface area contributed by atoms with Crippen molar-refractivity contribution in [3.05, 3.63) is 34.9 Å². The minimum absolute atomic E-state index is 0.172. The Labute approximate surface area is 116 Å². The van der Waals surface area contributed by atoms with Crippen LogP contribution in [0.25, 0.3) is 5.65 Å². The van der Waals surface area contributed by atoms with E-state index in [-0.39, 0.29) is 18.2 Å². The summed E-state index contributed by atoms with van der Waals surface area (Å²) in [6.45, 7) is 3.88. The second-order valence-electron chi connectivity index (χ2n) is 4.38. The maximum Gasteiger partial charge on any atom is 0.350 e. The molecule has 108 valence electrons. The number of carbonyl (C=O) groups excluding carboxylic acids is 1. The normalized spacial score (nSPS) is 11.2. The van der Waals surface area contributed by atoms with E-state index in [4.69, 9.17) is 0 Å². The molecule has 0 aliphatic rings. The molecule has 2 aromatic rings. The van der Waals surface area contributed by atoms with Crippen molar-refractivity contribution in [2.45, 2.75) is 13.5 Å². The first-order valence-corrected chi connectivity index (χ1v) is 6.49. The summed E-state index contributed by atoms with van der Waals surface area (Å²) < 4.78 is 7.55. The fourth-order valence-corrected chi connectivity index (χ4v) is 1.95. The van der Waals surface area contributed by atoms with Crippen molar-refractivity contribution in [2.75, 3.05) is 26.7 Å². The fourth-order valence-electron chi connectivity index (χ4n) is 1.95. The highest BCUT2D eigenvalue weighted by Crippen LogP contribution is 1.96. The number of nitrogens with zero attached hydrogens (tertiary/aromatic N) is 4. The van der Waals surface area contributed by atoms with Crippen molar-refractivity contribution in [3.63, 3.8) is 0 Å². The van der Waals surface area contributed by atoms with Crippen molar-refractivity contribution >= 4 is 11.6 Å². The van der Waals surface area contributed by atoms with Gasteiger partial charge < -0.3 is 4.74 Å². The van der Waals surface area contributed by atoms with Gasteiger partial charge in [0.1, 0.15) is 0 Å². The fraction of sp³-hybridized carbons (Fsp3) is 0.462. The molecule has 0 atom stereocenters. The van der Waals surface area contributed by atoms with Gasteiger partial charge in [0, 0.05) is 12.7 Å². The number of fused-ring (bicyclic) bond motifs is 1. The van der Waals surface area contributed by atoms with E-state index in [1.165, 1.54) is 16.2 Å². The van der Waals surface area contributed by atoms with E-state index in [2.05, 4.69) is 9.84 Å². The first-order valence-electron chi connectivity index (χ1n) is 6.49. The molecular weight excluding hydrogens is 260 g/mol. The van der Waals surface area contributed by atoms with Gasteiger partial charge in [0.05, 0.1) is 20.2 Å². The predicted molar refractivity (Wildman–Crippen MR) is 73.6 cm³/mol. The number of esters is 1. The van der Waals surface area contributed by atoms with Gasteiger partial charge in [-0.1, -0.05) is 13.0 Å². The van der Waals surface area contributed by atoms with Gasteiger partial charge in [-0.3, -0.25) is 14.1 Å². The van der Waals surface area contributed by atoms with Gasteiger partial charge in [-0.05, 0) is 18.7 Å². The zero-order valence-corrected chi connectivity index (χ0v) is 11.7. The molecule has 7 nitrogen and oxygen atoms in total. The highest BCUT2D eigenvalue weighted by atomic mass is 16.5. The van der Waals surface area contributed by atoms with Crippen molar-refractivity contribution < 1.29 is 9.53 Å². The van der Waals surface area contributed by atoms with E-state index < -0.39 is 0 Å². The number of carbonyl (C=O) groups is 1. The number of hydrogen-bond donors (Lipinski definition) is 0. The predicted octanol–water partition coefficient (Wildman–Crippen LogP) is -0.00910. The van der Waals surface area contributed by atoms with Gasteiger partial charge in [0.15, 0.2) is 5.65 Å². The molecular formula is C13H18N4O3. The number of likely N-dealkylation sites (N-methyl/N-ethyl adjacent to an activating group) is 1. The van der Waals surface area contributed by atoms with Crippen molar-refractivity contribution in [3.8, 4) is 0 Å². The van der Waals surface area contributed by atoms with E-state index in [9.17, 15) is 9.59 Å². The zero-order chi connectivity index (χ0) is 14.5. The van der Waals surface area contributed by atoms with Crippen LogP contribution in [0.2, 0.25) is 0 Å². The molecule has 0 amide bonds. The summed E-state index contributed by atoms with van der Waals surface area (Å²) in [7, 11) is 1.36. The van der Waals surface area contributed by atoms with Crippen LogP contribution in [0.5, 0.6) is 0 Å². The Hall–Kier alpha value is -2.15. The highest BCUT2D eigenvalue weighted by Gasteiger charge is 2.11. The van der Waals surface area contributed by atoms with Crippen molar-refractivity contribution in [1.29, 1.82) is 0 Å². The molecule has 20 heavy (non-hydrogen) atoms. The first kappa shape index (κ1) is 14.3. The summed E-state index contributed by atoms with van der Waals surface area (Å²) in [4.78, 5) is 25.2. The molecule has 0 bridgehead atoms. The Morgan fingerprint density at radius 3 is 2.90 bits per heavy atom. The average molecular weight is 278 g/mol. The Kier molecular flexibility index (Phi) is 4.52. The van der Waals surface area contributed by atoms with Crippen LogP contribution in [-0.4, -0.2) is 51.8 Å². The summed E-state index contributed by atoms with van der Waals surface area (Å²) in [6.07, 6.45) is 1.69. The molecule has 7 heteroatoms. The highest BCUT2D eigenvalue weighted by molar-refractivity contribution is 5.71. The molecule has 0 aromatic carbocycles.